The Kier molecular flexibility index (Phi) is 7.07. The maximum atomic E-state index is 5.59. The van der Waals surface area contributed by atoms with Crippen LogP contribution in [-0.2, 0) is 13.1 Å². The molecule has 26 heavy (non-hydrogen) atoms. The highest BCUT2D eigenvalue weighted by molar-refractivity contribution is 14.1. The number of benzene rings is 2. The minimum atomic E-state index is 0.571. The zero-order chi connectivity index (χ0) is 18.4. The second kappa shape index (κ2) is 9.50. The largest absolute Gasteiger partial charge is 0.497 e. The minimum absolute atomic E-state index is 0.571. The quantitative estimate of drug-likeness (QED) is 0.427. The van der Waals surface area contributed by atoms with Crippen LogP contribution < -0.4 is 9.47 Å². The Morgan fingerprint density at radius 2 is 1.92 bits per heavy atom. The van der Waals surface area contributed by atoms with Gasteiger partial charge in [0.05, 0.1) is 20.8 Å². The second-order valence-corrected chi connectivity index (χ2v) is 8.19. The van der Waals surface area contributed by atoms with Crippen LogP contribution in [0.1, 0.15) is 11.1 Å². The molecule has 2 aromatic carbocycles. The molecular weight excluding hydrogens is 459 g/mol. The van der Waals surface area contributed by atoms with Gasteiger partial charge in [-0.25, -0.2) is 0 Å². The average Bonchev–Trinajstić information content (AvgIpc) is 3.17. The highest BCUT2D eigenvalue weighted by atomic mass is 127. The summed E-state index contributed by atoms with van der Waals surface area (Å²) in [7, 11) is 3.37. The highest BCUT2D eigenvalue weighted by Gasteiger charge is 2.24. The maximum Gasteiger partial charge on any atom is 0.160 e. The van der Waals surface area contributed by atoms with Crippen molar-refractivity contribution in [3.63, 3.8) is 0 Å². The molecule has 1 aliphatic heterocycles. The van der Waals surface area contributed by atoms with Gasteiger partial charge in [-0.2, -0.15) is 0 Å². The standard InChI is InChI=1S/C20H23IN2O2S/c1-24-17-9-8-16(19(10-17)25-2)14-23(13-15-6-4-3-5-7-15)20-22-12-18(11-21)26-20/h3-10,18H,11-14H2,1-2H3/t18-/m0/s1. The summed E-state index contributed by atoms with van der Waals surface area (Å²) >= 11 is 4.32. The summed E-state index contributed by atoms with van der Waals surface area (Å²) in [5.41, 5.74) is 2.41. The summed E-state index contributed by atoms with van der Waals surface area (Å²) in [5, 5.41) is 1.69. The number of hydrogen-bond donors (Lipinski definition) is 0. The topological polar surface area (TPSA) is 34.1 Å². The number of thioether (sulfide) groups is 1. The van der Waals surface area contributed by atoms with E-state index in [0.717, 1.165) is 46.3 Å². The Hall–Kier alpha value is -1.41. The molecule has 0 aliphatic carbocycles. The molecule has 1 atom stereocenters. The van der Waals surface area contributed by atoms with Crippen molar-refractivity contribution in [1.82, 2.24) is 4.90 Å². The third-order valence-electron chi connectivity index (χ3n) is 4.22. The second-order valence-electron chi connectivity index (χ2n) is 6.04. The van der Waals surface area contributed by atoms with Gasteiger partial charge in [-0.15, -0.1) is 0 Å². The van der Waals surface area contributed by atoms with Crippen molar-refractivity contribution in [2.75, 3.05) is 25.2 Å². The zero-order valence-electron chi connectivity index (χ0n) is 15.0. The average molecular weight is 482 g/mol. The molecule has 0 amide bonds. The molecule has 0 unspecified atom stereocenters. The predicted octanol–water partition coefficient (Wildman–Crippen LogP) is 4.61. The van der Waals surface area contributed by atoms with Crippen molar-refractivity contribution >= 4 is 39.5 Å². The monoisotopic (exact) mass is 482 g/mol. The number of methoxy groups -OCH3 is 2. The number of alkyl halides is 1. The molecule has 138 valence electrons. The molecule has 4 nitrogen and oxygen atoms in total. The van der Waals surface area contributed by atoms with E-state index < -0.39 is 0 Å². The van der Waals surface area contributed by atoms with Crippen LogP contribution in [0, 0.1) is 0 Å². The van der Waals surface area contributed by atoms with Gasteiger partial charge in [0.25, 0.3) is 0 Å². The van der Waals surface area contributed by atoms with Crippen molar-refractivity contribution in [2.24, 2.45) is 4.99 Å². The van der Waals surface area contributed by atoms with Crippen LogP contribution in [-0.4, -0.2) is 40.5 Å². The SMILES string of the molecule is COc1ccc(CN(Cc2ccccc2)C2=NC[C@H](CI)S2)c(OC)c1. The first-order valence-electron chi connectivity index (χ1n) is 8.50. The van der Waals surface area contributed by atoms with Crippen LogP contribution in [0.15, 0.2) is 53.5 Å². The first kappa shape index (κ1) is 19.4. The molecule has 0 saturated carbocycles. The van der Waals surface area contributed by atoms with Gasteiger partial charge in [-0.3, -0.25) is 4.99 Å². The van der Waals surface area contributed by atoms with Gasteiger partial charge in [-0.05, 0) is 17.7 Å². The smallest absolute Gasteiger partial charge is 0.160 e. The van der Waals surface area contributed by atoms with E-state index in [-0.39, 0.29) is 0 Å². The van der Waals surface area contributed by atoms with E-state index in [2.05, 4.69) is 57.8 Å². The summed E-state index contributed by atoms with van der Waals surface area (Å²) in [6, 6.07) is 16.5. The van der Waals surface area contributed by atoms with Gasteiger partial charge >= 0.3 is 0 Å². The summed E-state index contributed by atoms with van der Waals surface area (Å²) in [5.74, 6) is 1.65. The Morgan fingerprint density at radius 1 is 1.12 bits per heavy atom. The molecule has 1 aliphatic rings. The van der Waals surface area contributed by atoms with Crippen molar-refractivity contribution in [1.29, 1.82) is 0 Å². The molecule has 0 radical (unpaired) electrons. The fraction of sp³-hybridized carbons (Fsp3) is 0.350. The van der Waals surface area contributed by atoms with Crippen LogP contribution in [0.3, 0.4) is 0 Å². The van der Waals surface area contributed by atoms with Gasteiger partial charge < -0.3 is 14.4 Å². The van der Waals surface area contributed by atoms with E-state index in [1.54, 1.807) is 14.2 Å². The highest BCUT2D eigenvalue weighted by Crippen LogP contribution is 2.30. The first-order chi connectivity index (χ1) is 12.7. The lowest BCUT2D eigenvalue weighted by Crippen LogP contribution is -2.27. The predicted molar refractivity (Wildman–Crippen MR) is 118 cm³/mol. The lowest BCUT2D eigenvalue weighted by atomic mass is 10.1. The van der Waals surface area contributed by atoms with E-state index in [9.17, 15) is 0 Å². The Bertz CT molecular complexity index is 755. The van der Waals surface area contributed by atoms with Crippen LogP contribution in [0.25, 0.3) is 0 Å². The Labute approximate surface area is 173 Å². The van der Waals surface area contributed by atoms with E-state index >= 15 is 0 Å². The van der Waals surface area contributed by atoms with Gasteiger partial charge in [0.15, 0.2) is 5.17 Å². The third kappa shape index (κ3) is 4.85. The number of ether oxygens (including phenoxy) is 2. The third-order valence-corrected chi connectivity index (χ3v) is 7.12. The molecule has 0 spiro atoms. The molecule has 6 heteroatoms. The van der Waals surface area contributed by atoms with Gasteiger partial charge in [0, 0.05) is 34.4 Å². The Balaban J connectivity index is 1.84. The molecule has 0 bridgehead atoms. The molecular formula is C20H23IN2O2S. The van der Waals surface area contributed by atoms with Crippen LogP contribution in [0.4, 0.5) is 0 Å². The summed E-state index contributed by atoms with van der Waals surface area (Å²) in [6.45, 7) is 2.48. The van der Waals surface area contributed by atoms with Crippen molar-refractivity contribution in [2.45, 2.75) is 18.3 Å². The molecule has 1 heterocycles. The summed E-state index contributed by atoms with van der Waals surface area (Å²) in [6.07, 6.45) is 0. The molecule has 0 N–H and O–H groups in total. The lowest BCUT2D eigenvalue weighted by molar-refractivity contribution is 0.371. The fourth-order valence-corrected chi connectivity index (χ4v) is 4.60. The zero-order valence-corrected chi connectivity index (χ0v) is 18.0. The maximum absolute atomic E-state index is 5.59. The number of aliphatic imine (C=N–C) groups is 1. The fourth-order valence-electron chi connectivity index (χ4n) is 2.84. The van der Waals surface area contributed by atoms with Gasteiger partial charge in [0.1, 0.15) is 11.5 Å². The summed E-state index contributed by atoms with van der Waals surface area (Å²) in [4.78, 5) is 7.15. The molecule has 2 aromatic rings. The van der Waals surface area contributed by atoms with Crippen molar-refractivity contribution in [3.8, 4) is 11.5 Å². The first-order valence-corrected chi connectivity index (χ1v) is 10.9. The number of amidine groups is 1. The minimum Gasteiger partial charge on any atom is -0.497 e. The van der Waals surface area contributed by atoms with Gasteiger partial charge in [-0.1, -0.05) is 64.7 Å². The van der Waals surface area contributed by atoms with E-state index in [1.807, 2.05) is 30.0 Å². The van der Waals surface area contributed by atoms with Crippen molar-refractivity contribution < 1.29 is 9.47 Å². The normalized spacial score (nSPS) is 16.3. The molecule has 0 aromatic heterocycles. The van der Waals surface area contributed by atoms with E-state index in [0.29, 0.717) is 5.25 Å². The lowest BCUT2D eigenvalue weighted by Gasteiger charge is -2.25. The van der Waals surface area contributed by atoms with Crippen LogP contribution in [0.5, 0.6) is 11.5 Å². The molecule has 0 fully saturated rings. The summed E-state index contributed by atoms with van der Waals surface area (Å²) < 4.78 is 12.0. The molecule has 0 saturated heterocycles. The van der Waals surface area contributed by atoms with E-state index in [1.165, 1.54) is 5.56 Å². The molecule has 3 rings (SSSR count). The number of halogens is 1. The van der Waals surface area contributed by atoms with Crippen LogP contribution in [0.2, 0.25) is 0 Å². The Morgan fingerprint density at radius 3 is 2.58 bits per heavy atom. The van der Waals surface area contributed by atoms with Crippen LogP contribution >= 0.6 is 34.4 Å². The van der Waals surface area contributed by atoms with Crippen molar-refractivity contribution in [3.05, 3.63) is 59.7 Å². The number of nitrogens with zero attached hydrogens (tertiary/aromatic N) is 2. The van der Waals surface area contributed by atoms with E-state index in [4.69, 9.17) is 14.5 Å². The number of rotatable bonds is 7. The number of hydrogen-bond acceptors (Lipinski definition) is 5. The van der Waals surface area contributed by atoms with Gasteiger partial charge in [0.2, 0.25) is 0 Å².